The van der Waals surface area contributed by atoms with Crippen LogP contribution in [0.5, 0.6) is 5.75 Å². The molecule has 0 spiro atoms. The molecule has 0 aliphatic carbocycles. The predicted molar refractivity (Wildman–Crippen MR) is 63.9 cm³/mol. The van der Waals surface area contributed by atoms with Crippen molar-refractivity contribution in [2.45, 2.75) is 39.7 Å². The monoisotopic (exact) mass is 207 g/mol. The molecular weight excluding hydrogens is 186 g/mol. The van der Waals surface area contributed by atoms with Gasteiger partial charge < -0.3 is 10.8 Å². The van der Waals surface area contributed by atoms with E-state index in [1.54, 1.807) is 0 Å². The number of aryl methyl sites for hydroxylation is 1. The lowest BCUT2D eigenvalue weighted by molar-refractivity contribution is 0.440. The van der Waals surface area contributed by atoms with Crippen LogP contribution in [-0.2, 0) is 6.42 Å². The summed E-state index contributed by atoms with van der Waals surface area (Å²) >= 11 is 0. The summed E-state index contributed by atoms with van der Waals surface area (Å²) < 4.78 is 0. The van der Waals surface area contributed by atoms with E-state index in [0.717, 1.165) is 24.0 Å². The van der Waals surface area contributed by atoms with Crippen molar-refractivity contribution in [3.05, 3.63) is 29.3 Å². The molecule has 1 atom stereocenters. The Kier molecular flexibility index (Phi) is 4.15. The zero-order chi connectivity index (χ0) is 11.4. The number of aromatic hydroxyl groups is 1. The number of hydrogen-bond donors (Lipinski definition) is 2. The Hall–Kier alpha value is -1.02. The van der Waals surface area contributed by atoms with Gasteiger partial charge in [0, 0.05) is 11.6 Å². The maximum atomic E-state index is 9.99. The van der Waals surface area contributed by atoms with Crippen LogP contribution in [0.4, 0.5) is 0 Å². The van der Waals surface area contributed by atoms with Crippen LogP contribution in [0.25, 0.3) is 0 Å². The summed E-state index contributed by atoms with van der Waals surface area (Å²) in [6.45, 7) is 6.31. The third kappa shape index (κ3) is 2.96. The largest absolute Gasteiger partial charge is 0.507 e. The molecule has 0 heterocycles. The van der Waals surface area contributed by atoms with Gasteiger partial charge in [-0.15, -0.1) is 0 Å². The SMILES string of the molecule is CCc1cccc([C@H](N)CC(C)C)c1O. The minimum absolute atomic E-state index is 0.0588. The van der Waals surface area contributed by atoms with Crippen molar-refractivity contribution < 1.29 is 5.11 Å². The van der Waals surface area contributed by atoms with Crippen LogP contribution >= 0.6 is 0 Å². The maximum Gasteiger partial charge on any atom is 0.123 e. The van der Waals surface area contributed by atoms with Crippen LogP contribution in [0.1, 0.15) is 44.4 Å². The lowest BCUT2D eigenvalue weighted by Gasteiger charge is -2.17. The molecule has 2 heteroatoms. The van der Waals surface area contributed by atoms with Crippen LogP contribution in [0.2, 0.25) is 0 Å². The minimum Gasteiger partial charge on any atom is -0.507 e. The van der Waals surface area contributed by atoms with Gasteiger partial charge in [-0.1, -0.05) is 39.0 Å². The number of phenols is 1. The Morgan fingerprint density at radius 2 is 2.00 bits per heavy atom. The van der Waals surface area contributed by atoms with Crippen LogP contribution in [0, 0.1) is 5.92 Å². The van der Waals surface area contributed by atoms with Gasteiger partial charge in [-0.2, -0.15) is 0 Å². The van der Waals surface area contributed by atoms with Crippen molar-refractivity contribution in [1.82, 2.24) is 0 Å². The van der Waals surface area contributed by atoms with Crippen molar-refractivity contribution in [2.24, 2.45) is 11.7 Å². The summed E-state index contributed by atoms with van der Waals surface area (Å²) in [5, 5.41) is 9.99. The summed E-state index contributed by atoms with van der Waals surface area (Å²) in [5.74, 6) is 0.929. The zero-order valence-corrected chi connectivity index (χ0v) is 9.83. The summed E-state index contributed by atoms with van der Waals surface area (Å²) in [6, 6.07) is 5.77. The van der Waals surface area contributed by atoms with Crippen molar-refractivity contribution in [3.8, 4) is 5.75 Å². The van der Waals surface area contributed by atoms with Gasteiger partial charge in [0.15, 0.2) is 0 Å². The van der Waals surface area contributed by atoms with Crippen LogP contribution in [0.15, 0.2) is 18.2 Å². The Morgan fingerprint density at radius 3 is 2.53 bits per heavy atom. The number of benzene rings is 1. The number of rotatable bonds is 4. The normalized spacial score (nSPS) is 13.1. The molecule has 2 nitrogen and oxygen atoms in total. The van der Waals surface area contributed by atoms with Gasteiger partial charge >= 0.3 is 0 Å². The lowest BCUT2D eigenvalue weighted by atomic mass is 9.95. The standard InChI is InChI=1S/C13H21NO/c1-4-10-6-5-7-11(13(10)15)12(14)8-9(2)3/h5-7,9,12,15H,4,8,14H2,1-3H3/t12-/m1/s1. The molecule has 1 aromatic carbocycles. The third-order valence-electron chi connectivity index (χ3n) is 2.66. The Morgan fingerprint density at radius 1 is 1.33 bits per heavy atom. The number of phenolic OH excluding ortho intramolecular Hbond substituents is 1. The first-order valence-electron chi connectivity index (χ1n) is 5.62. The van der Waals surface area contributed by atoms with E-state index in [0.29, 0.717) is 11.7 Å². The molecule has 0 saturated carbocycles. The molecule has 0 aliphatic rings. The fourth-order valence-electron chi connectivity index (χ4n) is 1.83. The molecule has 0 saturated heterocycles. The van der Waals surface area contributed by atoms with E-state index in [4.69, 9.17) is 5.73 Å². The molecule has 1 aromatic rings. The third-order valence-corrected chi connectivity index (χ3v) is 2.66. The highest BCUT2D eigenvalue weighted by atomic mass is 16.3. The average Bonchev–Trinajstić information content (AvgIpc) is 2.17. The summed E-state index contributed by atoms with van der Waals surface area (Å²) in [4.78, 5) is 0. The van der Waals surface area contributed by atoms with Gasteiger partial charge in [-0.05, 0) is 24.3 Å². The second-order valence-corrected chi connectivity index (χ2v) is 4.44. The molecule has 15 heavy (non-hydrogen) atoms. The van der Waals surface area contributed by atoms with Crippen molar-refractivity contribution in [3.63, 3.8) is 0 Å². The number of hydrogen-bond acceptors (Lipinski definition) is 2. The maximum absolute atomic E-state index is 9.99. The number of nitrogens with two attached hydrogens (primary N) is 1. The molecule has 84 valence electrons. The molecule has 1 rings (SSSR count). The number of para-hydroxylation sites is 1. The first kappa shape index (κ1) is 12.1. The van der Waals surface area contributed by atoms with Crippen LogP contribution in [0.3, 0.4) is 0 Å². The minimum atomic E-state index is -0.0588. The predicted octanol–water partition coefficient (Wildman–Crippen LogP) is 3.00. The Bertz CT molecular complexity index is 320. The summed E-state index contributed by atoms with van der Waals surface area (Å²) in [6.07, 6.45) is 1.74. The van der Waals surface area contributed by atoms with Crippen molar-refractivity contribution in [2.75, 3.05) is 0 Å². The Balaban J connectivity index is 2.93. The fourth-order valence-corrected chi connectivity index (χ4v) is 1.83. The van der Waals surface area contributed by atoms with E-state index in [1.165, 1.54) is 0 Å². The highest BCUT2D eigenvalue weighted by Crippen LogP contribution is 2.30. The van der Waals surface area contributed by atoms with E-state index < -0.39 is 0 Å². The van der Waals surface area contributed by atoms with Gasteiger partial charge in [0.05, 0.1) is 0 Å². The molecule has 0 aliphatic heterocycles. The quantitative estimate of drug-likeness (QED) is 0.797. The van der Waals surface area contributed by atoms with Gasteiger partial charge in [0.25, 0.3) is 0 Å². The van der Waals surface area contributed by atoms with E-state index in [1.807, 2.05) is 25.1 Å². The van der Waals surface area contributed by atoms with E-state index in [9.17, 15) is 5.11 Å². The average molecular weight is 207 g/mol. The fraction of sp³-hybridized carbons (Fsp3) is 0.538. The van der Waals surface area contributed by atoms with E-state index in [2.05, 4.69) is 13.8 Å². The van der Waals surface area contributed by atoms with Crippen LogP contribution < -0.4 is 5.73 Å². The molecular formula is C13H21NO. The van der Waals surface area contributed by atoms with Gasteiger partial charge in [-0.3, -0.25) is 0 Å². The van der Waals surface area contributed by atoms with E-state index in [-0.39, 0.29) is 6.04 Å². The van der Waals surface area contributed by atoms with Gasteiger partial charge in [-0.25, -0.2) is 0 Å². The van der Waals surface area contributed by atoms with Crippen molar-refractivity contribution in [1.29, 1.82) is 0 Å². The van der Waals surface area contributed by atoms with Crippen molar-refractivity contribution >= 4 is 0 Å². The van der Waals surface area contributed by atoms with Crippen LogP contribution in [-0.4, -0.2) is 5.11 Å². The second kappa shape index (κ2) is 5.17. The highest BCUT2D eigenvalue weighted by Gasteiger charge is 2.13. The van der Waals surface area contributed by atoms with Gasteiger partial charge in [0.2, 0.25) is 0 Å². The summed E-state index contributed by atoms with van der Waals surface area (Å²) in [7, 11) is 0. The zero-order valence-electron chi connectivity index (χ0n) is 9.83. The topological polar surface area (TPSA) is 46.2 Å². The highest BCUT2D eigenvalue weighted by molar-refractivity contribution is 5.42. The van der Waals surface area contributed by atoms with E-state index >= 15 is 0 Å². The first-order valence-corrected chi connectivity index (χ1v) is 5.62. The van der Waals surface area contributed by atoms with Gasteiger partial charge in [0.1, 0.15) is 5.75 Å². The molecule has 0 radical (unpaired) electrons. The second-order valence-electron chi connectivity index (χ2n) is 4.44. The molecule has 0 aromatic heterocycles. The summed E-state index contributed by atoms with van der Waals surface area (Å²) in [5.41, 5.74) is 7.92. The molecule has 3 N–H and O–H groups in total. The molecule has 0 unspecified atom stereocenters. The smallest absolute Gasteiger partial charge is 0.123 e. The molecule has 0 fully saturated rings. The molecule has 0 bridgehead atoms. The Labute approximate surface area is 92.1 Å². The molecule has 0 amide bonds. The first-order chi connectivity index (χ1) is 7.06. The lowest BCUT2D eigenvalue weighted by Crippen LogP contribution is -2.13.